The van der Waals surface area contributed by atoms with Gasteiger partial charge in [0.1, 0.15) is 24.1 Å². The van der Waals surface area contributed by atoms with Crippen molar-refractivity contribution in [1.29, 1.82) is 0 Å². The van der Waals surface area contributed by atoms with Crippen LogP contribution in [0.4, 0.5) is 5.69 Å². The van der Waals surface area contributed by atoms with Gasteiger partial charge in [0.2, 0.25) is 11.8 Å². The van der Waals surface area contributed by atoms with Crippen LogP contribution in [0.2, 0.25) is 5.02 Å². The van der Waals surface area contributed by atoms with Crippen molar-refractivity contribution in [3.8, 4) is 23.0 Å². The minimum absolute atomic E-state index is 0.0160. The van der Waals surface area contributed by atoms with Crippen molar-refractivity contribution in [3.05, 3.63) is 71.2 Å². The van der Waals surface area contributed by atoms with Crippen LogP contribution in [0.1, 0.15) is 26.3 Å². The Hall–Kier alpha value is -4.16. The number of carbonyl (C=O) groups excluding carboxylic acids is 2. The van der Waals surface area contributed by atoms with Crippen LogP contribution in [-0.2, 0) is 26.2 Å². The molecule has 0 fully saturated rings. The van der Waals surface area contributed by atoms with Gasteiger partial charge < -0.3 is 29.2 Å². The van der Waals surface area contributed by atoms with Crippen LogP contribution in [0, 0.1) is 0 Å². The van der Waals surface area contributed by atoms with Crippen molar-refractivity contribution in [2.24, 2.45) is 0 Å². The topological polar surface area (TPSA) is 124 Å². The molecule has 1 N–H and O–H groups in total. The molecule has 0 aliphatic carbocycles. The second-order valence-electron chi connectivity index (χ2n) is 10.1. The van der Waals surface area contributed by atoms with Gasteiger partial charge in [0.05, 0.1) is 39.0 Å². The maximum atomic E-state index is 14.3. The van der Waals surface area contributed by atoms with E-state index >= 15 is 0 Å². The Bertz CT molecular complexity index is 1560. The highest BCUT2D eigenvalue weighted by molar-refractivity contribution is 7.92. The molecular formula is C31H38ClN3O8S. The van der Waals surface area contributed by atoms with Gasteiger partial charge >= 0.3 is 0 Å². The fourth-order valence-electron chi connectivity index (χ4n) is 4.38. The number of hydrogen-bond donors (Lipinski definition) is 1. The monoisotopic (exact) mass is 647 g/mol. The molecule has 0 aliphatic heterocycles. The van der Waals surface area contributed by atoms with E-state index in [1.165, 1.54) is 57.6 Å². The summed E-state index contributed by atoms with van der Waals surface area (Å²) in [4.78, 5) is 28.5. The van der Waals surface area contributed by atoms with Gasteiger partial charge in [-0.3, -0.25) is 13.9 Å². The Morgan fingerprint density at radius 3 is 2.00 bits per heavy atom. The van der Waals surface area contributed by atoms with E-state index in [1.807, 2.05) is 13.8 Å². The molecule has 0 radical (unpaired) electrons. The molecule has 3 aromatic carbocycles. The van der Waals surface area contributed by atoms with E-state index in [4.69, 9.17) is 30.5 Å². The van der Waals surface area contributed by atoms with Gasteiger partial charge in [0.25, 0.3) is 10.0 Å². The van der Waals surface area contributed by atoms with E-state index in [9.17, 15) is 18.0 Å². The molecule has 13 heteroatoms. The second kappa shape index (κ2) is 15.0. The van der Waals surface area contributed by atoms with E-state index in [0.29, 0.717) is 22.1 Å². The molecule has 0 spiro atoms. The molecule has 0 heterocycles. The van der Waals surface area contributed by atoms with E-state index in [1.54, 1.807) is 43.3 Å². The van der Waals surface area contributed by atoms with Crippen LogP contribution in [-0.4, -0.2) is 72.2 Å². The second-order valence-corrected chi connectivity index (χ2v) is 12.4. The lowest BCUT2D eigenvalue weighted by atomic mass is 10.1. The Balaban J connectivity index is 2.17. The van der Waals surface area contributed by atoms with Crippen LogP contribution in [0.15, 0.2) is 65.6 Å². The molecule has 44 heavy (non-hydrogen) atoms. The van der Waals surface area contributed by atoms with Crippen molar-refractivity contribution >= 4 is 39.1 Å². The maximum Gasteiger partial charge on any atom is 0.265 e. The first-order valence-electron chi connectivity index (χ1n) is 13.7. The van der Waals surface area contributed by atoms with Crippen LogP contribution in [0.5, 0.6) is 23.0 Å². The highest BCUT2D eigenvalue weighted by atomic mass is 35.5. The molecule has 238 valence electrons. The zero-order valence-corrected chi connectivity index (χ0v) is 27.4. The predicted molar refractivity (Wildman–Crippen MR) is 168 cm³/mol. The lowest BCUT2D eigenvalue weighted by molar-refractivity contribution is -0.139. The van der Waals surface area contributed by atoms with Gasteiger partial charge in [-0.25, -0.2) is 8.42 Å². The van der Waals surface area contributed by atoms with Crippen molar-refractivity contribution in [3.63, 3.8) is 0 Å². The standard InChI is InChI=1S/C31H38ClN3O8S/c1-20(2)33-31(37)21(3)34(18-22-8-10-23(32)11-9-22)30(36)19-35(26-16-24(40-4)12-14-27(26)41-5)44(38,39)25-13-15-28(42-6)29(17-25)43-7/h8-17,20-21H,18-19H2,1-7H3,(H,33,37)/t21-/m0/s1. The average Bonchev–Trinajstić information content (AvgIpc) is 3.01. The molecule has 3 rings (SSSR count). The number of carbonyl (C=O) groups is 2. The predicted octanol–water partition coefficient (Wildman–Crippen LogP) is 4.51. The van der Waals surface area contributed by atoms with E-state index in [0.717, 1.165) is 4.31 Å². The highest BCUT2D eigenvalue weighted by Crippen LogP contribution is 2.37. The fraction of sp³-hybridized carbons (Fsp3) is 0.355. The van der Waals surface area contributed by atoms with E-state index in [2.05, 4.69) is 5.32 Å². The number of halogens is 1. The summed E-state index contributed by atoms with van der Waals surface area (Å²) in [6, 6.07) is 14.4. The molecule has 3 aromatic rings. The zero-order chi connectivity index (χ0) is 32.6. The van der Waals surface area contributed by atoms with Crippen LogP contribution >= 0.6 is 11.6 Å². The Morgan fingerprint density at radius 1 is 0.818 bits per heavy atom. The van der Waals surface area contributed by atoms with Crippen molar-refractivity contribution in [2.75, 3.05) is 39.3 Å². The largest absolute Gasteiger partial charge is 0.497 e. The number of ether oxygens (including phenoxy) is 4. The van der Waals surface area contributed by atoms with Crippen molar-refractivity contribution in [2.45, 2.75) is 44.3 Å². The van der Waals surface area contributed by atoms with E-state index < -0.39 is 34.4 Å². The number of benzene rings is 3. The van der Waals surface area contributed by atoms with Crippen LogP contribution in [0.25, 0.3) is 0 Å². The molecule has 0 saturated carbocycles. The summed E-state index contributed by atoms with van der Waals surface area (Å²) in [6.45, 7) is 4.55. The first kappa shape index (κ1) is 34.3. The molecule has 0 aliphatic rings. The highest BCUT2D eigenvalue weighted by Gasteiger charge is 2.34. The van der Waals surface area contributed by atoms with Gasteiger partial charge in [-0.05, 0) is 62.7 Å². The quantitative estimate of drug-likeness (QED) is 0.271. The molecule has 0 bridgehead atoms. The Morgan fingerprint density at radius 2 is 1.43 bits per heavy atom. The third-order valence-electron chi connectivity index (χ3n) is 6.74. The number of nitrogens with zero attached hydrogens (tertiary/aromatic N) is 2. The number of anilines is 1. The third kappa shape index (κ3) is 8.06. The number of rotatable bonds is 14. The smallest absolute Gasteiger partial charge is 0.265 e. The molecule has 11 nitrogen and oxygen atoms in total. The normalized spacial score (nSPS) is 11.8. The number of nitrogens with one attached hydrogen (secondary N) is 1. The maximum absolute atomic E-state index is 14.3. The number of methoxy groups -OCH3 is 4. The summed E-state index contributed by atoms with van der Waals surface area (Å²) >= 11 is 6.06. The Kier molecular flexibility index (Phi) is 11.7. The fourth-order valence-corrected chi connectivity index (χ4v) is 5.94. The minimum Gasteiger partial charge on any atom is -0.497 e. The molecular weight excluding hydrogens is 610 g/mol. The summed E-state index contributed by atoms with van der Waals surface area (Å²) in [7, 11) is 1.20. The van der Waals surface area contributed by atoms with Crippen LogP contribution < -0.4 is 28.6 Å². The lowest BCUT2D eigenvalue weighted by Crippen LogP contribution is -2.52. The third-order valence-corrected chi connectivity index (χ3v) is 8.75. The zero-order valence-electron chi connectivity index (χ0n) is 25.8. The van der Waals surface area contributed by atoms with Crippen LogP contribution in [0.3, 0.4) is 0 Å². The lowest BCUT2D eigenvalue weighted by Gasteiger charge is -2.32. The molecule has 0 saturated heterocycles. The SMILES string of the molecule is COc1ccc(OC)c(N(CC(=O)N(Cc2ccc(Cl)cc2)[C@@H](C)C(=O)NC(C)C)S(=O)(=O)c2ccc(OC)c(OC)c2)c1. The number of sulfonamides is 1. The summed E-state index contributed by atoms with van der Waals surface area (Å²) in [6.07, 6.45) is 0. The molecule has 0 unspecified atom stereocenters. The van der Waals surface area contributed by atoms with Gasteiger partial charge in [-0.15, -0.1) is 0 Å². The van der Waals surface area contributed by atoms with Gasteiger partial charge in [-0.2, -0.15) is 0 Å². The first-order valence-corrected chi connectivity index (χ1v) is 15.5. The minimum atomic E-state index is -4.44. The average molecular weight is 648 g/mol. The summed E-state index contributed by atoms with van der Waals surface area (Å²) < 4.78 is 51.1. The van der Waals surface area contributed by atoms with E-state index in [-0.39, 0.29) is 34.7 Å². The van der Waals surface area contributed by atoms with Gasteiger partial charge in [0.15, 0.2) is 11.5 Å². The van der Waals surface area contributed by atoms with Gasteiger partial charge in [-0.1, -0.05) is 23.7 Å². The molecule has 0 aromatic heterocycles. The van der Waals surface area contributed by atoms with Crippen molar-refractivity contribution in [1.82, 2.24) is 10.2 Å². The first-order chi connectivity index (χ1) is 20.9. The Labute approximate surface area is 263 Å². The summed E-state index contributed by atoms with van der Waals surface area (Å²) in [5.74, 6) is -0.00946. The summed E-state index contributed by atoms with van der Waals surface area (Å²) in [5, 5.41) is 3.33. The van der Waals surface area contributed by atoms with Crippen molar-refractivity contribution < 1.29 is 37.0 Å². The molecule has 1 atom stereocenters. The van der Waals surface area contributed by atoms with Gasteiger partial charge in [0, 0.05) is 29.7 Å². The summed E-state index contributed by atoms with van der Waals surface area (Å²) in [5.41, 5.74) is 0.751. The number of hydrogen-bond acceptors (Lipinski definition) is 8. The number of amides is 2. The molecule has 2 amide bonds.